The van der Waals surface area contributed by atoms with E-state index in [2.05, 4.69) is 15.1 Å². The molecule has 0 saturated heterocycles. The highest BCUT2D eigenvalue weighted by molar-refractivity contribution is 5.88. The fraction of sp³-hybridized carbons (Fsp3) is 0.214. The van der Waals surface area contributed by atoms with Crippen molar-refractivity contribution in [3.63, 3.8) is 0 Å². The lowest BCUT2D eigenvalue weighted by atomic mass is 10.1. The van der Waals surface area contributed by atoms with Crippen LogP contribution in [0.1, 0.15) is 19.4 Å². The Labute approximate surface area is 106 Å². The van der Waals surface area contributed by atoms with Crippen LogP contribution in [-0.4, -0.2) is 22.3 Å². The van der Waals surface area contributed by atoms with Crippen LogP contribution < -0.4 is 0 Å². The highest BCUT2D eigenvalue weighted by Gasteiger charge is 2.04. The number of benzene rings is 1. The van der Waals surface area contributed by atoms with Gasteiger partial charge in [0.25, 0.3) is 0 Å². The summed E-state index contributed by atoms with van der Waals surface area (Å²) in [5, 5.41) is 3.95. The van der Waals surface area contributed by atoms with Crippen LogP contribution in [0.25, 0.3) is 11.4 Å². The Balaban J connectivity index is 2.29. The molecular weight excluding hydrogens is 226 g/mol. The summed E-state index contributed by atoms with van der Waals surface area (Å²) >= 11 is 0. The van der Waals surface area contributed by atoms with Gasteiger partial charge >= 0.3 is 0 Å². The monoisotopic (exact) mass is 241 g/mol. The molecule has 0 saturated carbocycles. The number of hydrogen-bond donors (Lipinski definition) is 0. The van der Waals surface area contributed by atoms with Crippen molar-refractivity contribution in [2.45, 2.75) is 20.0 Å². The molecule has 0 atom stereocenters. The second-order valence-electron chi connectivity index (χ2n) is 4.05. The third-order valence-electron chi connectivity index (χ3n) is 2.23. The maximum atomic E-state index is 5.17. The molecule has 4 heteroatoms. The van der Waals surface area contributed by atoms with E-state index >= 15 is 0 Å². The molecule has 0 unspecified atom stereocenters. The summed E-state index contributed by atoms with van der Waals surface area (Å²) in [7, 11) is 0. The third kappa shape index (κ3) is 3.13. The Kier molecular flexibility index (Phi) is 4.02. The van der Waals surface area contributed by atoms with Gasteiger partial charge in [0.2, 0.25) is 0 Å². The van der Waals surface area contributed by atoms with Gasteiger partial charge in [0, 0.05) is 23.5 Å². The molecule has 4 nitrogen and oxygen atoms in total. The SMILES string of the molecule is CC(C)ON=Cc1ccccc1-c1ncccn1. The summed E-state index contributed by atoms with van der Waals surface area (Å²) in [5.41, 5.74) is 1.87. The molecule has 0 aliphatic rings. The number of rotatable bonds is 4. The van der Waals surface area contributed by atoms with Crippen molar-refractivity contribution in [1.29, 1.82) is 0 Å². The maximum absolute atomic E-state index is 5.17. The Bertz CT molecular complexity index is 524. The van der Waals surface area contributed by atoms with Crippen LogP contribution in [0.5, 0.6) is 0 Å². The molecule has 1 heterocycles. The smallest absolute Gasteiger partial charge is 0.159 e. The van der Waals surface area contributed by atoms with Crippen molar-refractivity contribution in [3.8, 4) is 11.4 Å². The van der Waals surface area contributed by atoms with Crippen molar-refractivity contribution in [2.24, 2.45) is 5.16 Å². The summed E-state index contributed by atoms with van der Waals surface area (Å²) < 4.78 is 0. The van der Waals surface area contributed by atoms with Gasteiger partial charge in [-0.3, -0.25) is 0 Å². The number of oxime groups is 1. The summed E-state index contributed by atoms with van der Waals surface area (Å²) in [6.07, 6.45) is 5.20. The molecule has 92 valence electrons. The number of hydrogen-bond acceptors (Lipinski definition) is 4. The zero-order valence-electron chi connectivity index (χ0n) is 10.4. The van der Waals surface area contributed by atoms with Crippen LogP contribution in [0.2, 0.25) is 0 Å². The zero-order chi connectivity index (χ0) is 12.8. The summed E-state index contributed by atoms with van der Waals surface area (Å²) in [4.78, 5) is 13.6. The second kappa shape index (κ2) is 5.91. The van der Waals surface area contributed by atoms with Crippen LogP contribution in [0.3, 0.4) is 0 Å². The molecule has 1 aromatic carbocycles. The Morgan fingerprint density at radius 2 is 1.83 bits per heavy atom. The predicted molar refractivity (Wildman–Crippen MR) is 71.3 cm³/mol. The maximum Gasteiger partial charge on any atom is 0.159 e. The minimum Gasteiger partial charge on any atom is -0.393 e. The van der Waals surface area contributed by atoms with E-state index in [4.69, 9.17) is 4.84 Å². The van der Waals surface area contributed by atoms with Gasteiger partial charge in [-0.25, -0.2) is 9.97 Å². The van der Waals surface area contributed by atoms with E-state index in [1.165, 1.54) is 0 Å². The fourth-order valence-electron chi connectivity index (χ4n) is 1.46. The Morgan fingerprint density at radius 3 is 2.56 bits per heavy atom. The minimum atomic E-state index is 0.0707. The first kappa shape index (κ1) is 12.2. The van der Waals surface area contributed by atoms with Gasteiger partial charge in [-0.05, 0) is 19.9 Å². The van der Waals surface area contributed by atoms with Gasteiger partial charge in [-0.15, -0.1) is 0 Å². The van der Waals surface area contributed by atoms with E-state index in [1.54, 1.807) is 24.7 Å². The van der Waals surface area contributed by atoms with E-state index in [9.17, 15) is 0 Å². The average molecular weight is 241 g/mol. The molecule has 2 aromatic rings. The van der Waals surface area contributed by atoms with Gasteiger partial charge < -0.3 is 4.84 Å². The largest absolute Gasteiger partial charge is 0.393 e. The predicted octanol–water partition coefficient (Wildman–Crippen LogP) is 2.90. The third-order valence-corrected chi connectivity index (χ3v) is 2.23. The molecule has 0 aliphatic carbocycles. The summed E-state index contributed by atoms with van der Waals surface area (Å²) in [6, 6.07) is 9.61. The Morgan fingerprint density at radius 1 is 1.11 bits per heavy atom. The van der Waals surface area contributed by atoms with Crippen LogP contribution in [-0.2, 0) is 4.84 Å². The second-order valence-corrected chi connectivity index (χ2v) is 4.05. The van der Waals surface area contributed by atoms with Crippen molar-refractivity contribution in [3.05, 3.63) is 48.3 Å². The van der Waals surface area contributed by atoms with E-state index in [1.807, 2.05) is 38.1 Å². The molecule has 0 radical (unpaired) electrons. The topological polar surface area (TPSA) is 47.4 Å². The lowest BCUT2D eigenvalue weighted by Crippen LogP contribution is -1.97. The van der Waals surface area contributed by atoms with Gasteiger partial charge in [-0.2, -0.15) is 0 Å². The molecule has 18 heavy (non-hydrogen) atoms. The first-order chi connectivity index (χ1) is 8.77. The normalized spacial score (nSPS) is 11.1. The minimum absolute atomic E-state index is 0.0707. The molecule has 0 fully saturated rings. The van der Waals surface area contributed by atoms with E-state index in [0.29, 0.717) is 5.82 Å². The molecule has 0 spiro atoms. The molecule has 0 amide bonds. The molecule has 0 N–H and O–H groups in total. The fourth-order valence-corrected chi connectivity index (χ4v) is 1.46. The molecule has 1 aromatic heterocycles. The standard InChI is InChI=1S/C14H15N3O/c1-11(2)18-17-10-12-6-3-4-7-13(12)14-15-8-5-9-16-14/h3-11H,1-2H3. The molecule has 2 rings (SSSR count). The van der Waals surface area contributed by atoms with Gasteiger partial charge in [0.1, 0.15) is 6.10 Å². The molecule has 0 bridgehead atoms. The highest BCUT2D eigenvalue weighted by atomic mass is 16.6. The first-order valence-corrected chi connectivity index (χ1v) is 5.83. The summed E-state index contributed by atoms with van der Waals surface area (Å²) in [5.74, 6) is 0.684. The van der Waals surface area contributed by atoms with Crippen molar-refractivity contribution < 1.29 is 4.84 Å². The van der Waals surface area contributed by atoms with Crippen molar-refractivity contribution in [1.82, 2.24) is 9.97 Å². The highest BCUT2D eigenvalue weighted by Crippen LogP contribution is 2.17. The van der Waals surface area contributed by atoms with Gasteiger partial charge in [0.15, 0.2) is 5.82 Å². The van der Waals surface area contributed by atoms with Crippen molar-refractivity contribution in [2.75, 3.05) is 0 Å². The van der Waals surface area contributed by atoms with Gasteiger partial charge in [-0.1, -0.05) is 29.4 Å². The van der Waals surface area contributed by atoms with E-state index in [-0.39, 0.29) is 6.10 Å². The number of aromatic nitrogens is 2. The summed E-state index contributed by atoms with van der Waals surface area (Å²) in [6.45, 7) is 3.87. The van der Waals surface area contributed by atoms with Crippen LogP contribution in [0.4, 0.5) is 0 Å². The average Bonchev–Trinajstić information content (AvgIpc) is 2.40. The number of nitrogens with zero attached hydrogens (tertiary/aromatic N) is 3. The van der Waals surface area contributed by atoms with Crippen LogP contribution in [0, 0.1) is 0 Å². The Hall–Kier alpha value is -2.23. The molecule has 0 aliphatic heterocycles. The van der Waals surface area contributed by atoms with E-state index < -0.39 is 0 Å². The lowest BCUT2D eigenvalue weighted by molar-refractivity contribution is 0.0874. The van der Waals surface area contributed by atoms with Crippen LogP contribution >= 0.6 is 0 Å². The first-order valence-electron chi connectivity index (χ1n) is 5.83. The van der Waals surface area contributed by atoms with Gasteiger partial charge in [0.05, 0.1) is 6.21 Å². The zero-order valence-corrected chi connectivity index (χ0v) is 10.4. The lowest BCUT2D eigenvalue weighted by Gasteiger charge is -2.04. The van der Waals surface area contributed by atoms with Crippen LogP contribution in [0.15, 0.2) is 47.9 Å². The van der Waals surface area contributed by atoms with E-state index in [0.717, 1.165) is 11.1 Å². The quantitative estimate of drug-likeness (QED) is 0.610. The van der Waals surface area contributed by atoms with Crippen molar-refractivity contribution >= 4 is 6.21 Å². The molecular formula is C14H15N3O.